The second kappa shape index (κ2) is 7.96. The van der Waals surface area contributed by atoms with Crippen LogP contribution < -0.4 is 4.74 Å². The van der Waals surface area contributed by atoms with E-state index >= 15 is 0 Å². The summed E-state index contributed by atoms with van der Waals surface area (Å²) in [7, 11) is 1.69. The monoisotopic (exact) mass is 378 g/mol. The molecule has 2 saturated heterocycles. The molecule has 4 heteroatoms. The van der Waals surface area contributed by atoms with Gasteiger partial charge in [-0.05, 0) is 56.0 Å². The van der Waals surface area contributed by atoms with Gasteiger partial charge < -0.3 is 9.64 Å². The van der Waals surface area contributed by atoms with Crippen LogP contribution in [0.15, 0.2) is 48.5 Å². The van der Waals surface area contributed by atoms with Crippen molar-refractivity contribution in [3.05, 3.63) is 65.2 Å². The number of benzene rings is 2. The fraction of sp³-hybridized carbons (Fsp3) is 0.458. The number of aryl methyl sites for hydroxylation is 1. The molecule has 2 aromatic carbocycles. The highest BCUT2D eigenvalue weighted by Gasteiger charge is 2.48. The first-order valence-corrected chi connectivity index (χ1v) is 10.3. The molecule has 0 unspecified atom stereocenters. The van der Waals surface area contributed by atoms with E-state index < -0.39 is 0 Å². The molecule has 0 N–H and O–H groups in total. The highest BCUT2D eigenvalue weighted by Crippen LogP contribution is 2.41. The van der Waals surface area contributed by atoms with E-state index in [1.807, 2.05) is 12.1 Å². The summed E-state index contributed by atoms with van der Waals surface area (Å²) in [4.78, 5) is 17.9. The molecule has 1 spiro atoms. The maximum absolute atomic E-state index is 13.4. The number of amides is 1. The molecule has 2 aromatic rings. The first-order chi connectivity index (χ1) is 13.6. The Bertz CT molecular complexity index is 833. The smallest absolute Gasteiger partial charge is 0.230 e. The van der Waals surface area contributed by atoms with Crippen molar-refractivity contribution in [2.24, 2.45) is 5.41 Å². The SMILES string of the molecule is COc1ccc(CN2CC[C@@]3(CCCN(Cc4cccc(C)c4)C3=O)C2)cc1. The molecule has 1 atom stereocenters. The van der Waals surface area contributed by atoms with Gasteiger partial charge >= 0.3 is 0 Å². The molecule has 2 heterocycles. The highest BCUT2D eigenvalue weighted by molar-refractivity contribution is 5.84. The zero-order valence-electron chi connectivity index (χ0n) is 17.0. The predicted octanol–water partition coefficient (Wildman–Crippen LogP) is 4.02. The minimum atomic E-state index is -0.186. The topological polar surface area (TPSA) is 32.8 Å². The van der Waals surface area contributed by atoms with Crippen molar-refractivity contribution >= 4 is 5.91 Å². The number of hydrogen-bond acceptors (Lipinski definition) is 3. The first kappa shape index (κ1) is 19.0. The van der Waals surface area contributed by atoms with E-state index in [0.717, 1.165) is 57.7 Å². The summed E-state index contributed by atoms with van der Waals surface area (Å²) in [5, 5.41) is 0. The van der Waals surface area contributed by atoms with Crippen molar-refractivity contribution in [3.8, 4) is 5.75 Å². The van der Waals surface area contributed by atoms with Gasteiger partial charge in [-0.3, -0.25) is 9.69 Å². The molecule has 0 aliphatic carbocycles. The van der Waals surface area contributed by atoms with Crippen LogP contribution in [0.3, 0.4) is 0 Å². The standard InChI is InChI=1S/C24H30N2O2/c1-19-5-3-6-21(15-19)17-26-13-4-11-24(23(26)27)12-14-25(18-24)16-20-7-9-22(28-2)10-8-20/h3,5-10,15H,4,11-14,16-18H2,1-2H3/t24-/m0/s1. The third-order valence-corrected chi connectivity index (χ3v) is 6.28. The van der Waals surface area contributed by atoms with E-state index in [-0.39, 0.29) is 5.41 Å². The molecular formula is C24H30N2O2. The van der Waals surface area contributed by atoms with E-state index in [0.29, 0.717) is 5.91 Å². The molecule has 0 radical (unpaired) electrons. The molecule has 2 fully saturated rings. The summed E-state index contributed by atoms with van der Waals surface area (Å²) in [6.07, 6.45) is 3.11. The molecule has 2 aliphatic heterocycles. The lowest BCUT2D eigenvalue weighted by molar-refractivity contribution is -0.146. The molecule has 4 nitrogen and oxygen atoms in total. The normalized spacial score (nSPS) is 22.8. The summed E-state index contributed by atoms with van der Waals surface area (Å²) in [5.41, 5.74) is 3.58. The average Bonchev–Trinajstić information content (AvgIpc) is 3.10. The van der Waals surface area contributed by atoms with E-state index in [4.69, 9.17) is 4.74 Å². The second-order valence-corrected chi connectivity index (χ2v) is 8.41. The van der Waals surface area contributed by atoms with Crippen LogP contribution in [-0.4, -0.2) is 42.5 Å². The minimum absolute atomic E-state index is 0.186. The number of nitrogens with zero attached hydrogens (tertiary/aromatic N) is 2. The van der Waals surface area contributed by atoms with Crippen molar-refractivity contribution in [1.82, 2.24) is 9.80 Å². The molecule has 4 rings (SSSR count). The molecular weight excluding hydrogens is 348 g/mol. The summed E-state index contributed by atoms with van der Waals surface area (Å²) < 4.78 is 5.25. The lowest BCUT2D eigenvalue weighted by Crippen LogP contribution is -2.49. The van der Waals surface area contributed by atoms with Crippen LogP contribution in [0.1, 0.15) is 36.0 Å². The van der Waals surface area contributed by atoms with Gasteiger partial charge in [0.1, 0.15) is 5.75 Å². The third-order valence-electron chi connectivity index (χ3n) is 6.28. The fourth-order valence-electron chi connectivity index (χ4n) is 4.79. The van der Waals surface area contributed by atoms with Crippen LogP contribution in [0.5, 0.6) is 5.75 Å². The lowest BCUT2D eigenvalue weighted by Gasteiger charge is -2.39. The summed E-state index contributed by atoms with van der Waals surface area (Å²) in [6, 6.07) is 16.8. The van der Waals surface area contributed by atoms with Gasteiger partial charge in [0, 0.05) is 26.2 Å². The Balaban J connectivity index is 1.41. The Morgan fingerprint density at radius 1 is 1.00 bits per heavy atom. The van der Waals surface area contributed by atoms with Gasteiger partial charge in [-0.15, -0.1) is 0 Å². The molecule has 0 saturated carbocycles. The zero-order valence-corrected chi connectivity index (χ0v) is 17.0. The van der Waals surface area contributed by atoms with E-state index in [9.17, 15) is 4.79 Å². The Hall–Kier alpha value is -2.33. The van der Waals surface area contributed by atoms with Gasteiger partial charge in [0.15, 0.2) is 0 Å². The van der Waals surface area contributed by atoms with Crippen LogP contribution in [-0.2, 0) is 17.9 Å². The van der Waals surface area contributed by atoms with E-state index in [2.05, 4.69) is 53.1 Å². The molecule has 0 bridgehead atoms. The maximum Gasteiger partial charge on any atom is 0.230 e. The number of carbonyl (C=O) groups excluding carboxylic acids is 1. The Morgan fingerprint density at radius 3 is 2.57 bits per heavy atom. The Labute approximate surface area is 168 Å². The largest absolute Gasteiger partial charge is 0.497 e. The van der Waals surface area contributed by atoms with E-state index in [1.165, 1.54) is 16.7 Å². The maximum atomic E-state index is 13.4. The minimum Gasteiger partial charge on any atom is -0.497 e. The summed E-state index contributed by atoms with van der Waals surface area (Å²) >= 11 is 0. The number of piperidine rings is 1. The summed E-state index contributed by atoms with van der Waals surface area (Å²) in [5.74, 6) is 1.24. The number of methoxy groups -OCH3 is 1. The molecule has 0 aromatic heterocycles. The van der Waals surface area contributed by atoms with Crippen LogP contribution in [0.25, 0.3) is 0 Å². The van der Waals surface area contributed by atoms with Gasteiger partial charge in [0.05, 0.1) is 12.5 Å². The van der Waals surface area contributed by atoms with Gasteiger partial charge in [0.25, 0.3) is 0 Å². The third kappa shape index (κ3) is 3.93. The van der Waals surface area contributed by atoms with Crippen LogP contribution in [0, 0.1) is 12.3 Å². The summed E-state index contributed by atoms with van der Waals surface area (Å²) in [6.45, 7) is 6.50. The Morgan fingerprint density at radius 2 is 1.82 bits per heavy atom. The molecule has 2 aliphatic rings. The number of ether oxygens (including phenoxy) is 1. The first-order valence-electron chi connectivity index (χ1n) is 10.3. The Kier molecular flexibility index (Phi) is 5.40. The van der Waals surface area contributed by atoms with Gasteiger partial charge in [-0.1, -0.05) is 42.0 Å². The average molecular weight is 379 g/mol. The van der Waals surface area contributed by atoms with E-state index in [1.54, 1.807) is 7.11 Å². The highest BCUT2D eigenvalue weighted by atomic mass is 16.5. The number of likely N-dealkylation sites (tertiary alicyclic amines) is 2. The number of carbonyl (C=O) groups is 1. The van der Waals surface area contributed by atoms with Crippen LogP contribution in [0.4, 0.5) is 0 Å². The van der Waals surface area contributed by atoms with Gasteiger partial charge in [-0.2, -0.15) is 0 Å². The second-order valence-electron chi connectivity index (χ2n) is 8.41. The van der Waals surface area contributed by atoms with Crippen molar-refractivity contribution in [1.29, 1.82) is 0 Å². The van der Waals surface area contributed by atoms with Crippen molar-refractivity contribution < 1.29 is 9.53 Å². The van der Waals surface area contributed by atoms with Crippen molar-refractivity contribution in [3.63, 3.8) is 0 Å². The number of rotatable bonds is 5. The van der Waals surface area contributed by atoms with Gasteiger partial charge in [-0.25, -0.2) is 0 Å². The molecule has 148 valence electrons. The lowest BCUT2D eigenvalue weighted by atomic mass is 9.78. The van der Waals surface area contributed by atoms with Crippen molar-refractivity contribution in [2.75, 3.05) is 26.7 Å². The zero-order chi connectivity index (χ0) is 19.6. The van der Waals surface area contributed by atoms with Crippen LogP contribution in [0.2, 0.25) is 0 Å². The predicted molar refractivity (Wildman–Crippen MR) is 111 cm³/mol. The quantitative estimate of drug-likeness (QED) is 0.788. The molecule has 1 amide bonds. The van der Waals surface area contributed by atoms with Crippen LogP contribution >= 0.6 is 0 Å². The number of hydrogen-bond donors (Lipinski definition) is 0. The molecule has 28 heavy (non-hydrogen) atoms. The fourth-order valence-corrected chi connectivity index (χ4v) is 4.79. The van der Waals surface area contributed by atoms with Crippen molar-refractivity contribution in [2.45, 2.75) is 39.3 Å². The van der Waals surface area contributed by atoms with Gasteiger partial charge in [0.2, 0.25) is 5.91 Å².